The van der Waals surface area contributed by atoms with Crippen LogP contribution in [0.5, 0.6) is 0 Å². The predicted octanol–water partition coefficient (Wildman–Crippen LogP) is 3.02. The number of pyridine rings is 2. The molecular weight excluding hydrogens is 236 g/mol. The maximum atomic E-state index is 10.6. The molecule has 3 aromatic rings. The molecule has 2 aromatic heterocycles. The van der Waals surface area contributed by atoms with Crippen LogP contribution in [0, 0.1) is 6.92 Å². The minimum absolute atomic E-state index is 0.702. The molecule has 1 aromatic carbocycles. The van der Waals surface area contributed by atoms with E-state index in [4.69, 9.17) is 0 Å². The number of hydrogen-bond donors (Lipinski definition) is 1. The van der Waals surface area contributed by atoms with Crippen molar-refractivity contribution >= 4 is 10.9 Å². The van der Waals surface area contributed by atoms with Crippen LogP contribution >= 0.6 is 0 Å². The van der Waals surface area contributed by atoms with Gasteiger partial charge in [0.05, 0.1) is 5.52 Å². The molecule has 2 heterocycles. The molecule has 1 unspecified atom stereocenters. The Hall–Kier alpha value is -2.26. The number of aryl methyl sites for hydroxylation is 1. The molecule has 0 aliphatic carbocycles. The molecule has 94 valence electrons. The third-order valence-corrected chi connectivity index (χ3v) is 3.33. The summed E-state index contributed by atoms with van der Waals surface area (Å²) >= 11 is 0. The van der Waals surface area contributed by atoms with Crippen molar-refractivity contribution in [3.63, 3.8) is 0 Å². The molecule has 0 saturated carbocycles. The fourth-order valence-electron chi connectivity index (χ4n) is 2.28. The van der Waals surface area contributed by atoms with Gasteiger partial charge in [-0.1, -0.05) is 24.3 Å². The van der Waals surface area contributed by atoms with Crippen molar-refractivity contribution in [2.75, 3.05) is 0 Å². The number of para-hydroxylation sites is 1. The van der Waals surface area contributed by atoms with E-state index in [-0.39, 0.29) is 0 Å². The molecule has 1 atom stereocenters. The zero-order valence-electron chi connectivity index (χ0n) is 10.6. The zero-order chi connectivity index (χ0) is 13.2. The summed E-state index contributed by atoms with van der Waals surface area (Å²) in [6.07, 6.45) is 4.48. The highest BCUT2D eigenvalue weighted by Crippen LogP contribution is 2.28. The maximum Gasteiger partial charge on any atom is 0.108 e. The van der Waals surface area contributed by atoms with Crippen molar-refractivity contribution < 1.29 is 5.11 Å². The molecule has 1 N–H and O–H groups in total. The zero-order valence-corrected chi connectivity index (χ0v) is 10.6. The van der Waals surface area contributed by atoms with Crippen molar-refractivity contribution in [1.82, 2.24) is 9.97 Å². The van der Waals surface area contributed by atoms with Crippen LogP contribution in [0.1, 0.15) is 22.8 Å². The van der Waals surface area contributed by atoms with Gasteiger partial charge in [0.1, 0.15) is 6.10 Å². The number of rotatable bonds is 2. The smallest absolute Gasteiger partial charge is 0.108 e. The molecule has 0 bridgehead atoms. The topological polar surface area (TPSA) is 46.0 Å². The summed E-state index contributed by atoms with van der Waals surface area (Å²) in [5.41, 5.74) is 3.49. The lowest BCUT2D eigenvalue weighted by Crippen LogP contribution is -2.04. The molecule has 3 rings (SSSR count). The van der Waals surface area contributed by atoms with Gasteiger partial charge in [0.25, 0.3) is 0 Å². The largest absolute Gasteiger partial charge is 0.384 e. The molecule has 0 spiro atoms. The van der Waals surface area contributed by atoms with Crippen LogP contribution in [0.2, 0.25) is 0 Å². The molecular formula is C16H14N2O. The third-order valence-electron chi connectivity index (χ3n) is 3.33. The van der Waals surface area contributed by atoms with E-state index in [0.29, 0.717) is 0 Å². The summed E-state index contributed by atoms with van der Waals surface area (Å²) < 4.78 is 0. The molecule has 0 fully saturated rings. The molecule has 19 heavy (non-hydrogen) atoms. The van der Waals surface area contributed by atoms with Crippen LogP contribution in [-0.4, -0.2) is 15.1 Å². The van der Waals surface area contributed by atoms with Gasteiger partial charge in [-0.3, -0.25) is 9.97 Å². The van der Waals surface area contributed by atoms with E-state index < -0.39 is 6.10 Å². The van der Waals surface area contributed by atoms with Gasteiger partial charge in [0.15, 0.2) is 0 Å². The van der Waals surface area contributed by atoms with Gasteiger partial charge < -0.3 is 5.11 Å². The van der Waals surface area contributed by atoms with E-state index in [1.54, 1.807) is 18.6 Å². The molecule has 0 amide bonds. The molecule has 0 aliphatic heterocycles. The van der Waals surface area contributed by atoms with Crippen LogP contribution in [0.15, 0.2) is 55.0 Å². The van der Waals surface area contributed by atoms with Gasteiger partial charge in [-0.15, -0.1) is 0 Å². The Bertz CT molecular complexity index is 719. The fraction of sp³-hybridized carbons (Fsp3) is 0.125. The van der Waals surface area contributed by atoms with Gasteiger partial charge in [-0.05, 0) is 24.6 Å². The van der Waals surface area contributed by atoms with Crippen LogP contribution in [-0.2, 0) is 0 Å². The Morgan fingerprint density at radius 1 is 1.00 bits per heavy atom. The van der Waals surface area contributed by atoms with E-state index in [2.05, 4.69) is 9.97 Å². The van der Waals surface area contributed by atoms with E-state index in [1.807, 2.05) is 43.3 Å². The molecule has 3 nitrogen and oxygen atoms in total. The number of aromatic nitrogens is 2. The number of fused-ring (bicyclic) bond motifs is 1. The highest BCUT2D eigenvalue weighted by Gasteiger charge is 2.16. The SMILES string of the molecule is Cc1ccncc1C(O)c1cccc2cccnc12. The van der Waals surface area contributed by atoms with Crippen molar-refractivity contribution in [3.05, 3.63) is 71.7 Å². The Labute approximate surface area is 111 Å². The van der Waals surface area contributed by atoms with E-state index in [9.17, 15) is 5.11 Å². The highest BCUT2D eigenvalue weighted by molar-refractivity contribution is 5.82. The number of aliphatic hydroxyl groups excluding tert-OH is 1. The van der Waals surface area contributed by atoms with E-state index in [1.165, 1.54) is 0 Å². The Morgan fingerprint density at radius 2 is 1.84 bits per heavy atom. The summed E-state index contributed by atoms with van der Waals surface area (Å²) in [4.78, 5) is 8.47. The first-order chi connectivity index (χ1) is 9.27. The van der Waals surface area contributed by atoms with Gasteiger partial charge in [-0.2, -0.15) is 0 Å². The van der Waals surface area contributed by atoms with E-state index >= 15 is 0 Å². The predicted molar refractivity (Wildman–Crippen MR) is 74.8 cm³/mol. The average molecular weight is 250 g/mol. The van der Waals surface area contributed by atoms with Crippen LogP contribution in [0.4, 0.5) is 0 Å². The first-order valence-corrected chi connectivity index (χ1v) is 6.19. The quantitative estimate of drug-likeness (QED) is 0.760. The number of hydrogen-bond acceptors (Lipinski definition) is 3. The Morgan fingerprint density at radius 3 is 2.68 bits per heavy atom. The lowest BCUT2D eigenvalue weighted by atomic mass is 9.97. The summed E-state index contributed by atoms with van der Waals surface area (Å²) in [6, 6.07) is 11.6. The Kier molecular flexibility index (Phi) is 2.97. The van der Waals surface area contributed by atoms with Crippen LogP contribution in [0.25, 0.3) is 10.9 Å². The highest BCUT2D eigenvalue weighted by atomic mass is 16.3. The van der Waals surface area contributed by atoms with E-state index in [0.717, 1.165) is 27.6 Å². The van der Waals surface area contributed by atoms with Gasteiger partial charge in [-0.25, -0.2) is 0 Å². The van der Waals surface area contributed by atoms with Crippen molar-refractivity contribution in [2.24, 2.45) is 0 Å². The minimum atomic E-state index is -0.702. The number of benzene rings is 1. The maximum absolute atomic E-state index is 10.6. The number of nitrogens with zero attached hydrogens (tertiary/aromatic N) is 2. The first kappa shape index (κ1) is 11.8. The minimum Gasteiger partial charge on any atom is -0.384 e. The van der Waals surface area contributed by atoms with Gasteiger partial charge >= 0.3 is 0 Å². The molecule has 0 saturated heterocycles. The number of aliphatic hydroxyl groups is 1. The molecule has 0 radical (unpaired) electrons. The van der Waals surface area contributed by atoms with Crippen LogP contribution < -0.4 is 0 Å². The van der Waals surface area contributed by atoms with Crippen molar-refractivity contribution in [3.8, 4) is 0 Å². The third kappa shape index (κ3) is 2.09. The lowest BCUT2D eigenvalue weighted by molar-refractivity contribution is 0.220. The normalized spacial score (nSPS) is 12.5. The second-order valence-electron chi connectivity index (χ2n) is 4.56. The van der Waals surface area contributed by atoms with Gasteiger partial charge in [0, 0.05) is 35.1 Å². The van der Waals surface area contributed by atoms with Crippen molar-refractivity contribution in [1.29, 1.82) is 0 Å². The monoisotopic (exact) mass is 250 g/mol. The molecule has 0 aliphatic rings. The fourth-order valence-corrected chi connectivity index (χ4v) is 2.28. The second kappa shape index (κ2) is 4.78. The van der Waals surface area contributed by atoms with Crippen LogP contribution in [0.3, 0.4) is 0 Å². The molecule has 3 heteroatoms. The standard InChI is InChI=1S/C16H14N2O/c1-11-7-9-17-10-14(11)16(19)13-6-2-4-12-5-3-8-18-15(12)13/h2-10,16,19H,1H3. The lowest BCUT2D eigenvalue weighted by Gasteiger charge is -2.15. The van der Waals surface area contributed by atoms with Crippen molar-refractivity contribution in [2.45, 2.75) is 13.0 Å². The first-order valence-electron chi connectivity index (χ1n) is 6.19. The summed E-state index contributed by atoms with van der Waals surface area (Å²) in [7, 11) is 0. The average Bonchev–Trinajstić information content (AvgIpc) is 2.46. The summed E-state index contributed by atoms with van der Waals surface area (Å²) in [5, 5.41) is 11.6. The summed E-state index contributed by atoms with van der Waals surface area (Å²) in [6.45, 7) is 1.97. The van der Waals surface area contributed by atoms with Gasteiger partial charge in [0.2, 0.25) is 0 Å². The summed E-state index contributed by atoms with van der Waals surface area (Å²) in [5.74, 6) is 0. The Balaban J connectivity index is 2.17. The second-order valence-corrected chi connectivity index (χ2v) is 4.56.